The van der Waals surface area contributed by atoms with Crippen molar-refractivity contribution in [1.82, 2.24) is 10.2 Å². The SMILES string of the molecule is CCOC(=O)CSc1nnc(CC#N)o1. The fourth-order valence-corrected chi connectivity index (χ4v) is 1.34. The highest BCUT2D eigenvalue weighted by molar-refractivity contribution is 7.99. The van der Waals surface area contributed by atoms with E-state index in [0.29, 0.717) is 6.61 Å². The number of esters is 1. The van der Waals surface area contributed by atoms with Crippen LogP contribution in [0.5, 0.6) is 0 Å². The maximum absolute atomic E-state index is 11.0. The van der Waals surface area contributed by atoms with E-state index >= 15 is 0 Å². The molecule has 0 unspecified atom stereocenters. The molecule has 1 rings (SSSR count). The fourth-order valence-electron chi connectivity index (χ4n) is 0.759. The van der Waals surface area contributed by atoms with E-state index in [1.165, 1.54) is 0 Å². The Morgan fingerprint density at radius 2 is 2.47 bits per heavy atom. The van der Waals surface area contributed by atoms with Crippen LogP contribution in [0.4, 0.5) is 0 Å². The second kappa shape index (κ2) is 6.03. The van der Waals surface area contributed by atoms with Gasteiger partial charge in [0.2, 0.25) is 5.89 Å². The molecule has 0 radical (unpaired) electrons. The standard InChI is InChI=1S/C8H9N3O3S/c1-2-13-7(12)5-15-8-11-10-6(14-8)3-4-9/h2-3,5H2,1H3. The Bertz CT molecular complexity index is 371. The third kappa shape index (κ3) is 3.99. The normalized spacial score (nSPS) is 9.60. The minimum absolute atomic E-state index is 0.0764. The number of ether oxygens (including phenoxy) is 1. The molecule has 0 spiro atoms. The highest BCUT2D eigenvalue weighted by Gasteiger charge is 2.09. The molecule has 0 saturated heterocycles. The average Bonchev–Trinajstić information content (AvgIpc) is 2.64. The first kappa shape index (κ1) is 11.5. The van der Waals surface area contributed by atoms with Crippen LogP contribution in [-0.2, 0) is 16.0 Å². The van der Waals surface area contributed by atoms with Crippen LogP contribution >= 0.6 is 11.8 Å². The zero-order valence-electron chi connectivity index (χ0n) is 8.10. The summed E-state index contributed by atoms with van der Waals surface area (Å²) in [6, 6.07) is 1.89. The molecule has 0 atom stereocenters. The third-order valence-electron chi connectivity index (χ3n) is 1.30. The van der Waals surface area contributed by atoms with Crippen molar-refractivity contribution in [3.63, 3.8) is 0 Å². The van der Waals surface area contributed by atoms with Crippen LogP contribution < -0.4 is 0 Å². The lowest BCUT2D eigenvalue weighted by molar-refractivity contribution is -0.139. The zero-order chi connectivity index (χ0) is 11.1. The van der Waals surface area contributed by atoms with E-state index in [1.54, 1.807) is 6.92 Å². The van der Waals surface area contributed by atoms with Crippen LogP contribution in [0.2, 0.25) is 0 Å². The Labute approximate surface area is 90.6 Å². The largest absolute Gasteiger partial charge is 0.465 e. The van der Waals surface area contributed by atoms with Crippen LogP contribution in [0.15, 0.2) is 9.64 Å². The maximum atomic E-state index is 11.0. The van der Waals surface area contributed by atoms with Gasteiger partial charge in [-0.15, -0.1) is 10.2 Å². The van der Waals surface area contributed by atoms with Crippen LogP contribution in [-0.4, -0.2) is 28.5 Å². The average molecular weight is 227 g/mol. The summed E-state index contributed by atoms with van der Waals surface area (Å²) < 4.78 is 9.78. The van der Waals surface area contributed by atoms with Gasteiger partial charge in [0.05, 0.1) is 12.7 Å². The van der Waals surface area contributed by atoms with Crippen molar-refractivity contribution in [1.29, 1.82) is 5.26 Å². The van der Waals surface area contributed by atoms with Gasteiger partial charge in [-0.2, -0.15) is 5.26 Å². The molecule has 0 aliphatic carbocycles. The second-order valence-corrected chi connectivity index (χ2v) is 3.32. The van der Waals surface area contributed by atoms with Gasteiger partial charge in [0.15, 0.2) is 0 Å². The molecular weight excluding hydrogens is 218 g/mol. The van der Waals surface area contributed by atoms with Crippen molar-refractivity contribution in [2.45, 2.75) is 18.6 Å². The fraction of sp³-hybridized carbons (Fsp3) is 0.500. The van der Waals surface area contributed by atoms with Crippen molar-refractivity contribution in [3.8, 4) is 6.07 Å². The van der Waals surface area contributed by atoms with E-state index in [1.807, 2.05) is 6.07 Å². The van der Waals surface area contributed by atoms with Gasteiger partial charge < -0.3 is 9.15 Å². The highest BCUT2D eigenvalue weighted by Crippen LogP contribution is 2.16. The lowest BCUT2D eigenvalue weighted by Crippen LogP contribution is -2.06. The molecule has 1 aromatic rings. The number of thioether (sulfide) groups is 1. The van der Waals surface area contributed by atoms with Gasteiger partial charge in [0.1, 0.15) is 12.2 Å². The maximum Gasteiger partial charge on any atom is 0.316 e. The molecule has 0 aliphatic heterocycles. The molecule has 0 aliphatic rings. The Morgan fingerprint density at radius 1 is 1.67 bits per heavy atom. The quantitative estimate of drug-likeness (QED) is 0.542. The number of nitrogens with zero attached hydrogens (tertiary/aromatic N) is 3. The smallest absolute Gasteiger partial charge is 0.316 e. The van der Waals surface area contributed by atoms with E-state index in [9.17, 15) is 4.79 Å². The number of aromatic nitrogens is 2. The number of carbonyl (C=O) groups excluding carboxylic acids is 1. The Kier molecular flexibility index (Phi) is 4.63. The molecule has 15 heavy (non-hydrogen) atoms. The van der Waals surface area contributed by atoms with Gasteiger partial charge in [0.25, 0.3) is 5.22 Å². The zero-order valence-corrected chi connectivity index (χ0v) is 8.91. The predicted octanol–water partition coefficient (Wildman–Crippen LogP) is 0.791. The summed E-state index contributed by atoms with van der Waals surface area (Å²) in [4.78, 5) is 11.0. The molecule has 0 aromatic carbocycles. The number of hydrogen-bond acceptors (Lipinski definition) is 7. The molecular formula is C8H9N3O3S. The molecule has 0 saturated carbocycles. The molecule has 80 valence electrons. The lowest BCUT2D eigenvalue weighted by atomic mass is 10.5. The summed E-state index contributed by atoms with van der Waals surface area (Å²) in [6.45, 7) is 2.09. The monoisotopic (exact) mass is 227 g/mol. The Hall–Kier alpha value is -1.55. The van der Waals surface area contributed by atoms with E-state index in [-0.39, 0.29) is 29.3 Å². The molecule has 0 fully saturated rings. The van der Waals surface area contributed by atoms with Crippen LogP contribution in [0, 0.1) is 11.3 Å². The van der Waals surface area contributed by atoms with Crippen molar-refractivity contribution >= 4 is 17.7 Å². The van der Waals surface area contributed by atoms with Gasteiger partial charge in [-0.3, -0.25) is 4.79 Å². The van der Waals surface area contributed by atoms with Gasteiger partial charge in [0, 0.05) is 0 Å². The van der Waals surface area contributed by atoms with E-state index < -0.39 is 0 Å². The van der Waals surface area contributed by atoms with Gasteiger partial charge >= 0.3 is 5.97 Å². The van der Waals surface area contributed by atoms with E-state index in [0.717, 1.165) is 11.8 Å². The number of hydrogen-bond donors (Lipinski definition) is 0. The first-order chi connectivity index (χ1) is 7.26. The Morgan fingerprint density at radius 3 is 3.13 bits per heavy atom. The summed E-state index contributed by atoms with van der Waals surface area (Å²) in [5.41, 5.74) is 0. The molecule has 0 N–H and O–H groups in total. The lowest BCUT2D eigenvalue weighted by Gasteiger charge is -1.97. The first-order valence-corrected chi connectivity index (χ1v) is 5.22. The summed E-state index contributed by atoms with van der Waals surface area (Å²) >= 11 is 1.09. The first-order valence-electron chi connectivity index (χ1n) is 4.24. The predicted molar refractivity (Wildman–Crippen MR) is 51.0 cm³/mol. The van der Waals surface area contributed by atoms with Crippen LogP contribution in [0.1, 0.15) is 12.8 Å². The summed E-state index contributed by atoms with van der Waals surface area (Å²) in [5, 5.41) is 15.9. The van der Waals surface area contributed by atoms with Crippen molar-refractivity contribution < 1.29 is 13.9 Å². The topological polar surface area (TPSA) is 89.0 Å². The molecule has 1 aromatic heterocycles. The minimum Gasteiger partial charge on any atom is -0.465 e. The Balaban J connectivity index is 2.38. The van der Waals surface area contributed by atoms with Crippen molar-refractivity contribution in [2.75, 3.05) is 12.4 Å². The van der Waals surface area contributed by atoms with E-state index in [2.05, 4.69) is 10.2 Å². The summed E-state index contributed by atoms with van der Waals surface area (Å²) in [7, 11) is 0. The van der Waals surface area contributed by atoms with Gasteiger partial charge in [-0.25, -0.2) is 0 Å². The summed E-state index contributed by atoms with van der Waals surface area (Å²) in [5.74, 6) is 0.0496. The van der Waals surface area contributed by atoms with Crippen LogP contribution in [0.25, 0.3) is 0 Å². The van der Waals surface area contributed by atoms with Crippen LogP contribution in [0.3, 0.4) is 0 Å². The number of carbonyl (C=O) groups is 1. The molecule has 1 heterocycles. The molecule has 0 bridgehead atoms. The third-order valence-corrected chi connectivity index (χ3v) is 2.09. The van der Waals surface area contributed by atoms with Gasteiger partial charge in [-0.1, -0.05) is 11.8 Å². The number of rotatable bonds is 5. The summed E-state index contributed by atoms with van der Waals surface area (Å²) in [6.07, 6.45) is 0.0764. The second-order valence-electron chi connectivity index (χ2n) is 2.39. The minimum atomic E-state index is -0.331. The van der Waals surface area contributed by atoms with E-state index in [4.69, 9.17) is 14.4 Å². The molecule has 7 heteroatoms. The van der Waals surface area contributed by atoms with Crippen molar-refractivity contribution in [2.24, 2.45) is 0 Å². The number of nitriles is 1. The van der Waals surface area contributed by atoms with Gasteiger partial charge in [-0.05, 0) is 6.92 Å². The molecule has 6 nitrogen and oxygen atoms in total. The van der Waals surface area contributed by atoms with Crippen molar-refractivity contribution in [3.05, 3.63) is 5.89 Å². The highest BCUT2D eigenvalue weighted by atomic mass is 32.2. The molecule has 0 amide bonds.